The first-order chi connectivity index (χ1) is 8.39. The van der Waals surface area contributed by atoms with Crippen molar-refractivity contribution in [3.63, 3.8) is 0 Å². The molecule has 0 radical (unpaired) electrons. The molecular weight excluding hydrogens is 250 g/mol. The number of hydrogen-bond donors (Lipinski definition) is 0. The van der Waals surface area contributed by atoms with E-state index >= 15 is 0 Å². The van der Waals surface area contributed by atoms with Gasteiger partial charge in [0, 0.05) is 13.1 Å². The summed E-state index contributed by atoms with van der Waals surface area (Å²) in [7, 11) is -1.82. The van der Waals surface area contributed by atoms with Crippen LogP contribution in [-0.2, 0) is 10.0 Å². The van der Waals surface area contributed by atoms with Crippen molar-refractivity contribution in [3.05, 3.63) is 23.3 Å². The van der Waals surface area contributed by atoms with E-state index in [0.717, 1.165) is 11.1 Å². The zero-order valence-electron chi connectivity index (χ0n) is 11.6. The van der Waals surface area contributed by atoms with Gasteiger partial charge in [0.1, 0.15) is 5.75 Å². The van der Waals surface area contributed by atoms with E-state index in [1.165, 1.54) is 4.31 Å². The lowest BCUT2D eigenvalue weighted by molar-refractivity contribution is 0.410. The smallest absolute Gasteiger partial charge is 0.243 e. The second kappa shape index (κ2) is 5.71. The van der Waals surface area contributed by atoms with E-state index in [2.05, 4.69) is 0 Å². The molecule has 0 saturated carbocycles. The summed E-state index contributed by atoms with van der Waals surface area (Å²) < 4.78 is 31.6. The van der Waals surface area contributed by atoms with E-state index in [1.54, 1.807) is 19.2 Å². The van der Waals surface area contributed by atoms with Crippen LogP contribution in [-0.4, -0.2) is 32.9 Å². The van der Waals surface area contributed by atoms with Crippen molar-refractivity contribution in [2.45, 2.75) is 32.6 Å². The molecule has 1 aromatic carbocycles. The van der Waals surface area contributed by atoms with E-state index in [4.69, 9.17) is 4.74 Å². The third kappa shape index (κ3) is 2.52. The Morgan fingerprint density at radius 3 is 2.11 bits per heavy atom. The highest BCUT2D eigenvalue weighted by atomic mass is 32.2. The van der Waals surface area contributed by atoms with E-state index in [1.807, 2.05) is 27.7 Å². The minimum atomic E-state index is -3.40. The summed E-state index contributed by atoms with van der Waals surface area (Å²) in [5.41, 5.74) is 1.62. The fraction of sp³-hybridized carbons (Fsp3) is 0.538. The van der Waals surface area contributed by atoms with Gasteiger partial charge in [-0.25, -0.2) is 8.42 Å². The second-order valence-corrected chi connectivity index (χ2v) is 6.01. The highest BCUT2D eigenvalue weighted by molar-refractivity contribution is 7.89. The number of benzene rings is 1. The normalized spacial score (nSPS) is 11.9. The zero-order chi connectivity index (χ0) is 13.9. The lowest BCUT2D eigenvalue weighted by Crippen LogP contribution is -2.31. The summed E-state index contributed by atoms with van der Waals surface area (Å²) in [5.74, 6) is 0.714. The number of rotatable bonds is 5. The molecule has 0 aliphatic heterocycles. The summed E-state index contributed by atoms with van der Waals surface area (Å²) >= 11 is 0. The Labute approximate surface area is 110 Å². The predicted octanol–water partition coefficient (Wildman–Crippen LogP) is 2.34. The Bertz CT molecular complexity index is 519. The molecule has 4 nitrogen and oxygen atoms in total. The quantitative estimate of drug-likeness (QED) is 0.826. The predicted molar refractivity (Wildman–Crippen MR) is 72.6 cm³/mol. The highest BCUT2D eigenvalue weighted by Crippen LogP contribution is 2.28. The lowest BCUT2D eigenvalue weighted by atomic mass is 10.1. The van der Waals surface area contributed by atoms with Gasteiger partial charge in [0.25, 0.3) is 0 Å². The largest absolute Gasteiger partial charge is 0.496 e. The molecule has 0 aliphatic carbocycles. The molecule has 0 fully saturated rings. The van der Waals surface area contributed by atoms with Crippen LogP contribution in [0.25, 0.3) is 0 Å². The molecule has 0 bridgehead atoms. The first-order valence-corrected chi connectivity index (χ1v) is 7.48. The summed E-state index contributed by atoms with van der Waals surface area (Å²) in [6, 6.07) is 3.33. The molecule has 0 atom stereocenters. The highest BCUT2D eigenvalue weighted by Gasteiger charge is 2.24. The molecule has 0 aliphatic rings. The maximum absolute atomic E-state index is 12.5. The van der Waals surface area contributed by atoms with Crippen molar-refractivity contribution in [1.29, 1.82) is 0 Å². The number of sulfonamides is 1. The van der Waals surface area contributed by atoms with Crippen molar-refractivity contribution in [1.82, 2.24) is 4.31 Å². The first-order valence-electron chi connectivity index (χ1n) is 6.04. The number of nitrogens with zero attached hydrogens (tertiary/aromatic N) is 1. The minimum Gasteiger partial charge on any atom is -0.496 e. The van der Waals surface area contributed by atoms with Crippen LogP contribution in [0.5, 0.6) is 5.75 Å². The average Bonchev–Trinajstić information content (AvgIpc) is 2.33. The molecule has 0 saturated heterocycles. The van der Waals surface area contributed by atoms with E-state index in [0.29, 0.717) is 23.7 Å². The molecule has 1 rings (SSSR count). The van der Waals surface area contributed by atoms with Crippen LogP contribution in [0.2, 0.25) is 0 Å². The van der Waals surface area contributed by atoms with Gasteiger partial charge in [-0.1, -0.05) is 13.8 Å². The number of methoxy groups -OCH3 is 1. The Morgan fingerprint density at radius 2 is 1.67 bits per heavy atom. The SMILES string of the molecule is CCN(CC)S(=O)(=O)c1ccc(OC)c(C)c1C. The summed E-state index contributed by atoms with van der Waals surface area (Å²) in [5, 5.41) is 0. The molecule has 0 amide bonds. The minimum absolute atomic E-state index is 0.365. The molecule has 5 heteroatoms. The summed E-state index contributed by atoms with van der Waals surface area (Å²) in [4.78, 5) is 0.365. The van der Waals surface area contributed by atoms with Gasteiger partial charge in [-0.05, 0) is 37.1 Å². The van der Waals surface area contributed by atoms with Crippen LogP contribution in [0.15, 0.2) is 17.0 Å². The van der Waals surface area contributed by atoms with Gasteiger partial charge in [-0.15, -0.1) is 0 Å². The maximum atomic E-state index is 12.5. The zero-order valence-corrected chi connectivity index (χ0v) is 12.5. The Balaban J connectivity index is 3.39. The van der Waals surface area contributed by atoms with E-state index in [9.17, 15) is 8.42 Å². The Morgan fingerprint density at radius 1 is 1.11 bits per heavy atom. The van der Waals surface area contributed by atoms with Crippen LogP contribution in [0, 0.1) is 13.8 Å². The molecule has 0 unspecified atom stereocenters. The fourth-order valence-corrected chi connectivity index (χ4v) is 3.71. The molecule has 0 N–H and O–H groups in total. The number of hydrogen-bond acceptors (Lipinski definition) is 3. The molecule has 1 aromatic rings. The number of ether oxygens (including phenoxy) is 1. The van der Waals surface area contributed by atoms with Crippen molar-refractivity contribution < 1.29 is 13.2 Å². The van der Waals surface area contributed by atoms with Crippen molar-refractivity contribution in [2.24, 2.45) is 0 Å². The van der Waals surface area contributed by atoms with E-state index < -0.39 is 10.0 Å². The third-order valence-corrected chi connectivity index (χ3v) is 5.43. The van der Waals surface area contributed by atoms with Gasteiger partial charge < -0.3 is 4.74 Å². The third-order valence-electron chi connectivity index (χ3n) is 3.23. The molecule has 0 aromatic heterocycles. The average molecular weight is 271 g/mol. The monoisotopic (exact) mass is 271 g/mol. The Kier molecular flexibility index (Phi) is 4.76. The van der Waals surface area contributed by atoms with Gasteiger partial charge >= 0.3 is 0 Å². The molecular formula is C13H21NO3S. The topological polar surface area (TPSA) is 46.6 Å². The summed E-state index contributed by atoms with van der Waals surface area (Å²) in [6.07, 6.45) is 0. The molecule has 0 spiro atoms. The van der Waals surface area contributed by atoms with Crippen molar-refractivity contribution in [3.8, 4) is 5.75 Å². The van der Waals surface area contributed by atoms with Crippen LogP contribution < -0.4 is 4.74 Å². The van der Waals surface area contributed by atoms with Gasteiger partial charge in [-0.2, -0.15) is 4.31 Å². The first kappa shape index (κ1) is 15.0. The maximum Gasteiger partial charge on any atom is 0.243 e. The molecule has 18 heavy (non-hydrogen) atoms. The fourth-order valence-electron chi connectivity index (χ4n) is 1.97. The second-order valence-electron chi connectivity index (χ2n) is 4.11. The van der Waals surface area contributed by atoms with Crippen LogP contribution in [0.3, 0.4) is 0 Å². The lowest BCUT2D eigenvalue weighted by Gasteiger charge is -2.21. The van der Waals surface area contributed by atoms with Crippen molar-refractivity contribution >= 4 is 10.0 Å². The summed E-state index contributed by atoms with van der Waals surface area (Å²) in [6.45, 7) is 8.32. The van der Waals surface area contributed by atoms with Crippen molar-refractivity contribution in [2.75, 3.05) is 20.2 Å². The van der Waals surface area contributed by atoms with Crippen LogP contribution in [0.1, 0.15) is 25.0 Å². The van der Waals surface area contributed by atoms with Crippen LogP contribution in [0.4, 0.5) is 0 Å². The van der Waals surface area contributed by atoms with Gasteiger partial charge in [0.05, 0.1) is 12.0 Å². The van der Waals surface area contributed by atoms with Gasteiger partial charge in [0.15, 0.2) is 0 Å². The van der Waals surface area contributed by atoms with Crippen LogP contribution >= 0.6 is 0 Å². The Hall–Kier alpha value is -1.07. The van der Waals surface area contributed by atoms with E-state index in [-0.39, 0.29) is 0 Å². The molecule has 0 heterocycles. The van der Waals surface area contributed by atoms with Gasteiger partial charge in [-0.3, -0.25) is 0 Å². The van der Waals surface area contributed by atoms with Gasteiger partial charge in [0.2, 0.25) is 10.0 Å². The molecule has 102 valence electrons. The standard InChI is InChI=1S/C13H21NO3S/c1-6-14(7-2)18(15,16)13-9-8-12(17-5)10(3)11(13)4/h8-9H,6-7H2,1-5H3.